The first-order valence-corrected chi connectivity index (χ1v) is 10.3. The molecular formula is C18H25NO5S. The summed E-state index contributed by atoms with van der Waals surface area (Å²) in [6.45, 7) is 3.62. The number of sulfone groups is 1. The number of hydrogen-bond donors (Lipinski definition) is 2. The first-order valence-electron chi connectivity index (χ1n) is 8.63. The van der Waals surface area contributed by atoms with Crippen molar-refractivity contribution in [3.63, 3.8) is 0 Å². The molecule has 7 heteroatoms. The fourth-order valence-corrected chi connectivity index (χ4v) is 4.18. The lowest BCUT2D eigenvalue weighted by atomic mass is 9.75. The van der Waals surface area contributed by atoms with E-state index in [-0.39, 0.29) is 16.2 Å². The lowest BCUT2D eigenvalue weighted by Gasteiger charge is -2.37. The van der Waals surface area contributed by atoms with Crippen molar-refractivity contribution in [2.75, 3.05) is 5.75 Å². The number of aliphatic carboxylic acids is 1. The molecule has 0 spiro atoms. The zero-order chi connectivity index (χ0) is 18.7. The van der Waals surface area contributed by atoms with Crippen LogP contribution in [0, 0.1) is 5.92 Å². The maximum absolute atomic E-state index is 12.6. The monoisotopic (exact) mass is 367 g/mol. The Morgan fingerprint density at radius 1 is 1.24 bits per heavy atom. The number of carbonyl (C=O) groups excluding carboxylic acids is 1. The van der Waals surface area contributed by atoms with Gasteiger partial charge in [0.15, 0.2) is 9.84 Å². The van der Waals surface area contributed by atoms with Gasteiger partial charge in [0.2, 0.25) is 0 Å². The predicted molar refractivity (Wildman–Crippen MR) is 94.3 cm³/mol. The van der Waals surface area contributed by atoms with E-state index in [0.29, 0.717) is 18.8 Å². The number of nitrogens with one attached hydrogen (secondary N) is 1. The largest absolute Gasteiger partial charge is 0.480 e. The third-order valence-corrected chi connectivity index (χ3v) is 6.87. The molecule has 0 unspecified atom stereocenters. The summed E-state index contributed by atoms with van der Waals surface area (Å²) in [5.74, 6) is -1.16. The molecule has 6 nitrogen and oxygen atoms in total. The second-order valence-corrected chi connectivity index (χ2v) is 8.90. The van der Waals surface area contributed by atoms with Gasteiger partial charge in [-0.3, -0.25) is 4.79 Å². The fraction of sp³-hybridized carbons (Fsp3) is 0.556. The first kappa shape index (κ1) is 19.4. The number of rotatable bonds is 6. The fourth-order valence-electron chi connectivity index (χ4n) is 3.26. The van der Waals surface area contributed by atoms with E-state index in [0.717, 1.165) is 19.3 Å². The summed E-state index contributed by atoms with van der Waals surface area (Å²) in [4.78, 5) is 24.4. The zero-order valence-corrected chi connectivity index (χ0v) is 15.4. The van der Waals surface area contributed by atoms with Crippen LogP contribution < -0.4 is 5.32 Å². The molecule has 2 N–H and O–H groups in total. The summed E-state index contributed by atoms with van der Waals surface area (Å²) in [6, 6.07) is 5.74. The molecule has 1 fully saturated rings. The Labute approximate surface area is 148 Å². The van der Waals surface area contributed by atoms with Gasteiger partial charge in [-0.2, -0.15) is 0 Å². The highest BCUT2D eigenvalue weighted by Gasteiger charge is 2.43. The summed E-state index contributed by atoms with van der Waals surface area (Å²) in [6.07, 6.45) is 3.29. The summed E-state index contributed by atoms with van der Waals surface area (Å²) in [7, 11) is -3.43. The van der Waals surface area contributed by atoms with Gasteiger partial charge >= 0.3 is 5.97 Å². The molecule has 0 saturated heterocycles. The molecule has 0 aromatic heterocycles. The maximum atomic E-state index is 12.6. The standard InChI is InChI=1S/C18H25NO5S/c1-3-13-8-10-18(11-9-13,17(21)22)19-16(20)14-6-5-7-15(12-14)25(23,24)4-2/h5-7,12-13H,3-4,8-11H2,1-2H3,(H,19,20)(H,21,22). The SMILES string of the molecule is CCC1CCC(NC(=O)c2cccc(S(=O)(=O)CC)c2)(C(=O)O)CC1. The molecule has 0 atom stereocenters. The minimum atomic E-state index is -3.43. The van der Waals surface area contributed by atoms with Crippen molar-refractivity contribution in [1.29, 1.82) is 0 Å². The topological polar surface area (TPSA) is 101 Å². The van der Waals surface area contributed by atoms with Crippen LogP contribution in [0.1, 0.15) is 56.3 Å². The van der Waals surface area contributed by atoms with Crippen molar-refractivity contribution in [1.82, 2.24) is 5.32 Å². The number of carboxylic acids is 1. The van der Waals surface area contributed by atoms with Crippen molar-refractivity contribution >= 4 is 21.7 Å². The van der Waals surface area contributed by atoms with Gasteiger partial charge in [0.1, 0.15) is 5.54 Å². The number of hydrogen-bond acceptors (Lipinski definition) is 4. The van der Waals surface area contributed by atoms with Crippen molar-refractivity contribution < 1.29 is 23.1 Å². The molecule has 0 heterocycles. The Kier molecular flexibility index (Phi) is 5.87. The third kappa shape index (κ3) is 4.21. The highest BCUT2D eigenvalue weighted by molar-refractivity contribution is 7.91. The lowest BCUT2D eigenvalue weighted by molar-refractivity contribution is -0.146. The van der Waals surface area contributed by atoms with E-state index < -0.39 is 27.3 Å². The number of carbonyl (C=O) groups is 2. The van der Waals surface area contributed by atoms with Crippen LogP contribution in [0.25, 0.3) is 0 Å². The lowest BCUT2D eigenvalue weighted by Crippen LogP contribution is -2.56. The van der Waals surface area contributed by atoms with Crippen LogP contribution in [-0.2, 0) is 14.6 Å². The molecule has 138 valence electrons. The second-order valence-electron chi connectivity index (χ2n) is 6.62. The van der Waals surface area contributed by atoms with Crippen LogP contribution >= 0.6 is 0 Å². The zero-order valence-electron chi connectivity index (χ0n) is 14.6. The van der Waals surface area contributed by atoms with Gasteiger partial charge in [-0.05, 0) is 49.8 Å². The molecule has 1 aromatic carbocycles. The Balaban J connectivity index is 2.23. The normalized spacial score (nSPS) is 23.8. The summed E-state index contributed by atoms with van der Waals surface area (Å²) in [5, 5.41) is 12.3. The Hall–Kier alpha value is -1.89. The third-order valence-electron chi connectivity index (χ3n) is 5.13. The van der Waals surface area contributed by atoms with Crippen LogP contribution in [0.5, 0.6) is 0 Å². The van der Waals surface area contributed by atoms with Gasteiger partial charge in [-0.1, -0.05) is 26.3 Å². The Morgan fingerprint density at radius 2 is 1.88 bits per heavy atom. The Morgan fingerprint density at radius 3 is 2.40 bits per heavy atom. The molecule has 1 aromatic rings. The van der Waals surface area contributed by atoms with Crippen LogP contribution in [-0.4, -0.2) is 36.7 Å². The average Bonchev–Trinajstić information content (AvgIpc) is 2.62. The molecule has 0 bridgehead atoms. The van der Waals surface area contributed by atoms with Gasteiger partial charge in [0, 0.05) is 5.56 Å². The summed E-state index contributed by atoms with van der Waals surface area (Å²) >= 11 is 0. The van der Waals surface area contributed by atoms with Crippen molar-refractivity contribution in [3.05, 3.63) is 29.8 Å². The van der Waals surface area contributed by atoms with Crippen molar-refractivity contribution in [2.45, 2.75) is 56.4 Å². The first-order chi connectivity index (χ1) is 11.7. The van der Waals surface area contributed by atoms with E-state index in [4.69, 9.17) is 0 Å². The molecule has 1 aliphatic rings. The van der Waals surface area contributed by atoms with E-state index in [1.165, 1.54) is 31.2 Å². The van der Waals surface area contributed by atoms with E-state index in [2.05, 4.69) is 12.2 Å². The highest BCUT2D eigenvalue weighted by atomic mass is 32.2. The summed E-state index contributed by atoms with van der Waals surface area (Å²) in [5.41, 5.74) is -1.12. The minimum absolute atomic E-state index is 0.0600. The van der Waals surface area contributed by atoms with E-state index in [1.807, 2.05) is 0 Å². The van der Waals surface area contributed by atoms with E-state index >= 15 is 0 Å². The molecule has 1 saturated carbocycles. The van der Waals surface area contributed by atoms with Crippen LogP contribution in [0.15, 0.2) is 29.2 Å². The van der Waals surface area contributed by atoms with E-state index in [9.17, 15) is 23.1 Å². The molecule has 0 aliphatic heterocycles. The predicted octanol–water partition coefficient (Wildman–Crippen LogP) is 2.63. The molecule has 25 heavy (non-hydrogen) atoms. The quantitative estimate of drug-likeness (QED) is 0.805. The smallest absolute Gasteiger partial charge is 0.329 e. The van der Waals surface area contributed by atoms with Crippen LogP contribution in [0.2, 0.25) is 0 Å². The van der Waals surface area contributed by atoms with Gasteiger partial charge in [-0.15, -0.1) is 0 Å². The molecule has 1 aliphatic carbocycles. The minimum Gasteiger partial charge on any atom is -0.480 e. The average molecular weight is 367 g/mol. The molecule has 2 rings (SSSR count). The number of amides is 1. The van der Waals surface area contributed by atoms with Crippen LogP contribution in [0.3, 0.4) is 0 Å². The van der Waals surface area contributed by atoms with Crippen LogP contribution in [0.4, 0.5) is 0 Å². The van der Waals surface area contributed by atoms with Gasteiger partial charge in [-0.25, -0.2) is 13.2 Å². The summed E-state index contributed by atoms with van der Waals surface area (Å²) < 4.78 is 24.0. The second kappa shape index (κ2) is 7.56. The molecular weight excluding hydrogens is 342 g/mol. The van der Waals surface area contributed by atoms with Crippen molar-refractivity contribution in [2.24, 2.45) is 5.92 Å². The maximum Gasteiger partial charge on any atom is 0.329 e. The molecule has 0 radical (unpaired) electrons. The van der Waals surface area contributed by atoms with Gasteiger partial charge in [0.05, 0.1) is 10.6 Å². The number of carboxylic acid groups (broad SMARTS) is 1. The van der Waals surface area contributed by atoms with Crippen molar-refractivity contribution in [3.8, 4) is 0 Å². The molecule has 1 amide bonds. The van der Waals surface area contributed by atoms with E-state index in [1.54, 1.807) is 0 Å². The number of benzene rings is 1. The Bertz CT molecular complexity index is 748. The van der Waals surface area contributed by atoms with Gasteiger partial charge in [0.25, 0.3) is 5.91 Å². The highest BCUT2D eigenvalue weighted by Crippen LogP contribution is 2.34. The van der Waals surface area contributed by atoms with Gasteiger partial charge < -0.3 is 10.4 Å².